The third-order valence-corrected chi connectivity index (χ3v) is 13.1. The molecule has 400 valence electrons. The van der Waals surface area contributed by atoms with Gasteiger partial charge in [0.2, 0.25) is 0 Å². The lowest BCUT2D eigenvalue weighted by atomic mass is 10.1. The molecule has 3 unspecified atom stereocenters. The summed E-state index contributed by atoms with van der Waals surface area (Å²) in [5, 5.41) is 31.1. The maximum Gasteiger partial charge on any atom is 0.481 e. The average molecular weight is 1040 g/mol. The molecule has 0 radical (unpaired) electrons. The van der Waals surface area contributed by atoms with E-state index in [0.717, 1.165) is 42.9 Å². The Morgan fingerprint density at radius 1 is 0.746 bits per heavy atom. The molecule has 0 aliphatic carbocycles. The maximum absolute atomic E-state index is 12.8. The fourth-order valence-corrected chi connectivity index (χ4v) is 8.74. The number of aromatic nitrogens is 2. The molecule has 0 saturated carbocycles. The van der Waals surface area contributed by atoms with Crippen LogP contribution in [0.25, 0.3) is 0 Å². The average Bonchev–Trinajstić information content (AvgIpc) is 3.60. The number of nitrogens with two attached hydrogens (primary N) is 1. The second kappa shape index (κ2) is 37.6. The number of rotatable bonds is 39. The zero-order valence-corrected chi connectivity index (χ0v) is 43.1. The Hall–Kier alpha value is -4.10. The summed E-state index contributed by atoms with van der Waals surface area (Å²) < 4.78 is 56.5. The van der Waals surface area contributed by atoms with Gasteiger partial charge in [0.1, 0.15) is 30.7 Å². The molecule has 0 aromatic carbocycles. The predicted octanol–water partition coefficient (Wildman–Crippen LogP) is 8.86. The van der Waals surface area contributed by atoms with Gasteiger partial charge in [-0.15, -0.1) is 0 Å². The third-order valence-electron chi connectivity index (χ3n) is 10.5. The molecule has 1 fully saturated rings. The topological polar surface area (TPSA) is 286 Å². The number of phosphoric acid groups is 2. The van der Waals surface area contributed by atoms with Gasteiger partial charge in [0, 0.05) is 19.0 Å². The number of hydrogen-bond acceptors (Lipinski definition) is 16. The van der Waals surface area contributed by atoms with E-state index in [1.165, 1.54) is 44.6 Å². The summed E-state index contributed by atoms with van der Waals surface area (Å²) in [6.45, 7) is 1.90. The van der Waals surface area contributed by atoms with Gasteiger partial charge in [-0.2, -0.15) is 9.29 Å². The lowest BCUT2D eigenvalue weighted by Crippen LogP contribution is -2.36. The summed E-state index contributed by atoms with van der Waals surface area (Å²) in [6.07, 6.45) is 35.6. The highest BCUT2D eigenvalue weighted by atomic mass is 31.3. The minimum atomic E-state index is -5.46. The molecule has 1 aromatic rings. The number of allylic oxidation sites excluding steroid dienone is 12. The van der Waals surface area contributed by atoms with E-state index in [-0.39, 0.29) is 18.7 Å². The number of hydrogen-bond donors (Lipinski definition) is 6. The van der Waals surface area contributed by atoms with Crippen molar-refractivity contribution in [1.29, 1.82) is 0 Å². The van der Waals surface area contributed by atoms with Gasteiger partial charge in [-0.1, -0.05) is 125 Å². The Kier molecular flexibility index (Phi) is 33.4. The summed E-state index contributed by atoms with van der Waals surface area (Å²) in [5.41, 5.74) is 4.57. The lowest BCUT2D eigenvalue weighted by Gasteiger charge is -2.21. The number of ether oxygens (including phenoxy) is 3. The number of esters is 2. The SMILES string of the molecule is CCCCC/C=C\C/C=C\C/C=C\CCCCC(=O)O[C@H](COC(=O)CCC/C=C/C=C\C(O)C/C=C\C/C=C\CCCCC)COP(=O)(O)OP(=O)(O)OC[C@H]1O[C@@H](n2ccc(N)nc2=O)[C@H](O)[C@@H]1O. The van der Waals surface area contributed by atoms with Crippen molar-refractivity contribution in [3.8, 4) is 0 Å². The van der Waals surface area contributed by atoms with Gasteiger partial charge in [-0.05, 0) is 89.5 Å². The van der Waals surface area contributed by atoms with Crippen molar-refractivity contribution in [2.75, 3.05) is 25.6 Å². The lowest BCUT2D eigenvalue weighted by molar-refractivity contribution is -0.161. The van der Waals surface area contributed by atoms with Gasteiger partial charge < -0.3 is 45.1 Å². The molecule has 1 aromatic heterocycles. The molecular formula is C50H79N3O16P2. The molecule has 2 heterocycles. The van der Waals surface area contributed by atoms with Crippen molar-refractivity contribution in [2.24, 2.45) is 0 Å². The number of anilines is 1. The third kappa shape index (κ3) is 30.5. The van der Waals surface area contributed by atoms with Gasteiger partial charge >= 0.3 is 33.3 Å². The predicted molar refractivity (Wildman–Crippen MR) is 271 cm³/mol. The second-order valence-electron chi connectivity index (χ2n) is 16.8. The molecule has 8 atom stereocenters. The highest BCUT2D eigenvalue weighted by Gasteiger charge is 2.46. The Bertz CT molecular complexity index is 2040. The minimum Gasteiger partial charge on any atom is -0.462 e. The molecule has 71 heavy (non-hydrogen) atoms. The zero-order chi connectivity index (χ0) is 52.2. The van der Waals surface area contributed by atoms with Crippen molar-refractivity contribution in [3.63, 3.8) is 0 Å². The van der Waals surface area contributed by atoms with Gasteiger partial charge in [0.15, 0.2) is 12.3 Å². The molecule has 0 spiro atoms. The van der Waals surface area contributed by atoms with Gasteiger partial charge in [-0.25, -0.2) is 13.9 Å². The quantitative estimate of drug-likeness (QED) is 0.0118. The monoisotopic (exact) mass is 1040 g/mol. The van der Waals surface area contributed by atoms with Gasteiger partial charge in [0.25, 0.3) is 0 Å². The number of carbonyl (C=O) groups is 2. The van der Waals surface area contributed by atoms with Crippen LogP contribution in [0.15, 0.2) is 102 Å². The Morgan fingerprint density at radius 2 is 1.31 bits per heavy atom. The molecule has 1 aliphatic heterocycles. The van der Waals surface area contributed by atoms with Crippen molar-refractivity contribution in [1.82, 2.24) is 9.55 Å². The minimum absolute atomic E-state index is 0.0209. The number of nitrogens with zero attached hydrogens (tertiary/aromatic N) is 2. The Balaban J connectivity index is 1.88. The Morgan fingerprint density at radius 3 is 1.93 bits per heavy atom. The Labute approximate surface area is 419 Å². The fraction of sp³-hybridized carbons (Fsp3) is 0.600. The normalized spacial score (nSPS) is 20.3. The van der Waals surface area contributed by atoms with Crippen LogP contribution >= 0.6 is 15.6 Å². The standard InChI is InChI=1S/C50H79N3O16P2/c1-3-5-7-9-11-13-14-15-16-17-18-20-22-26-31-35-46(56)67-42(38-64-45(55)34-30-27-23-25-29-33-41(54)32-28-24-21-19-12-10-8-6-4-2)39-65-70(60,61)69-71(62,63)66-40-43-47(57)48(58)49(68-43)53-37-36-44(51)52-50(53)59/h11-13,15-16,18-20,23-25,28-29,33,36-37,41-43,47-49,54,57-58H,3-10,14,17,21-22,26-27,30-32,34-35,38-40H2,1-2H3,(H,60,61)(H,62,63)(H2,51,52,59)/b13-11-,16-15-,19-12-,20-18-,25-23+,28-24-,33-29-/t41?,42-,43-,47-,48-,49-/m1/s1. The van der Waals surface area contributed by atoms with Gasteiger partial charge in [-0.3, -0.25) is 23.2 Å². The van der Waals surface area contributed by atoms with E-state index in [4.69, 9.17) is 29.0 Å². The van der Waals surface area contributed by atoms with Crippen LogP contribution in [0.1, 0.15) is 142 Å². The summed E-state index contributed by atoms with van der Waals surface area (Å²) in [4.78, 5) is 61.8. The van der Waals surface area contributed by atoms with Crippen LogP contribution in [0.2, 0.25) is 0 Å². The largest absolute Gasteiger partial charge is 0.481 e. The number of nitrogen functional groups attached to an aromatic ring is 1. The van der Waals surface area contributed by atoms with Crippen LogP contribution in [0, 0.1) is 0 Å². The molecule has 2 rings (SSSR count). The first kappa shape index (κ1) is 63.0. The van der Waals surface area contributed by atoms with Crippen molar-refractivity contribution in [3.05, 3.63) is 108 Å². The summed E-state index contributed by atoms with van der Waals surface area (Å²) in [5.74, 6) is -1.49. The zero-order valence-electron chi connectivity index (χ0n) is 41.4. The van der Waals surface area contributed by atoms with Crippen molar-refractivity contribution in [2.45, 2.75) is 173 Å². The van der Waals surface area contributed by atoms with E-state index in [1.54, 1.807) is 18.2 Å². The molecule has 21 heteroatoms. The smallest absolute Gasteiger partial charge is 0.462 e. The number of aliphatic hydroxyl groups is 3. The van der Waals surface area contributed by atoms with E-state index in [1.807, 2.05) is 30.4 Å². The van der Waals surface area contributed by atoms with Crippen LogP contribution in [-0.4, -0.2) is 96.9 Å². The molecule has 7 N–H and O–H groups in total. The summed E-state index contributed by atoms with van der Waals surface area (Å²) in [7, 11) is -10.9. The van der Waals surface area contributed by atoms with Crippen LogP contribution < -0.4 is 11.4 Å². The molecule has 19 nitrogen and oxygen atoms in total. The molecule has 1 saturated heterocycles. The molecule has 0 amide bonds. The fourth-order valence-electron chi connectivity index (χ4n) is 6.63. The first-order valence-corrected chi connectivity index (χ1v) is 27.7. The van der Waals surface area contributed by atoms with Crippen LogP contribution in [0.3, 0.4) is 0 Å². The highest BCUT2D eigenvalue weighted by Crippen LogP contribution is 2.60. The highest BCUT2D eigenvalue weighted by molar-refractivity contribution is 7.61. The second-order valence-corrected chi connectivity index (χ2v) is 19.8. The summed E-state index contributed by atoms with van der Waals surface area (Å²) in [6, 6.07) is 1.23. The van der Waals surface area contributed by atoms with E-state index >= 15 is 0 Å². The van der Waals surface area contributed by atoms with Crippen molar-refractivity contribution < 1.29 is 71.4 Å². The molecule has 0 bridgehead atoms. The van der Waals surface area contributed by atoms with E-state index in [0.29, 0.717) is 38.5 Å². The summed E-state index contributed by atoms with van der Waals surface area (Å²) >= 11 is 0. The van der Waals surface area contributed by atoms with Crippen LogP contribution in [0.4, 0.5) is 5.82 Å². The molecular weight excluding hydrogens is 961 g/mol. The number of aliphatic hydroxyl groups excluding tert-OH is 3. The number of unbranched alkanes of at least 4 members (excludes halogenated alkanes) is 9. The van der Waals surface area contributed by atoms with Crippen LogP contribution in [0.5, 0.6) is 0 Å². The van der Waals surface area contributed by atoms with Crippen molar-refractivity contribution >= 4 is 33.4 Å². The first-order chi connectivity index (χ1) is 34.1. The first-order valence-electron chi connectivity index (χ1n) is 24.7. The molecule has 1 aliphatic rings. The van der Waals surface area contributed by atoms with E-state index in [2.05, 4.69) is 59.6 Å². The van der Waals surface area contributed by atoms with Crippen LogP contribution in [-0.2, 0) is 46.3 Å². The number of phosphoric ester groups is 2. The van der Waals surface area contributed by atoms with E-state index in [9.17, 15) is 48.6 Å². The van der Waals surface area contributed by atoms with E-state index < -0.39 is 89.8 Å². The maximum atomic E-state index is 12.8. The van der Waals surface area contributed by atoms with Gasteiger partial charge in [0.05, 0.1) is 19.3 Å². The number of carbonyl (C=O) groups excluding carboxylic acids is 2.